The molecule has 1 amide bonds. The molecule has 0 spiro atoms. The molecule has 0 saturated carbocycles. The first-order valence-corrected chi connectivity index (χ1v) is 9.30. The molecule has 0 atom stereocenters. The molecule has 0 aliphatic heterocycles. The van der Waals surface area contributed by atoms with Crippen molar-refractivity contribution in [1.82, 2.24) is 4.98 Å². The summed E-state index contributed by atoms with van der Waals surface area (Å²) in [5.74, 6) is -0.895. The van der Waals surface area contributed by atoms with Crippen molar-refractivity contribution in [3.63, 3.8) is 0 Å². The van der Waals surface area contributed by atoms with Crippen LogP contribution in [0.1, 0.15) is 12.0 Å². The lowest BCUT2D eigenvalue weighted by molar-refractivity contribution is -0.113. The van der Waals surface area contributed by atoms with E-state index in [0.717, 1.165) is 5.56 Å². The number of nitrogens with one attached hydrogen (secondary N) is 1. The fourth-order valence-electron chi connectivity index (χ4n) is 2.04. The number of rotatable bonds is 7. The molecule has 0 aliphatic carbocycles. The number of aryl methyl sites for hydroxylation is 1. The highest BCUT2D eigenvalue weighted by Gasteiger charge is 2.16. The number of benzene rings is 1. The Bertz CT molecular complexity index is 747. The summed E-state index contributed by atoms with van der Waals surface area (Å²) in [5, 5.41) is 2.89. The Morgan fingerprint density at radius 3 is 2.52 bits per heavy atom. The predicted octanol–water partition coefficient (Wildman–Crippen LogP) is 2.72. The summed E-state index contributed by atoms with van der Waals surface area (Å²) in [4.78, 5) is 15.7. The zero-order valence-corrected chi connectivity index (χ0v) is 14.0. The summed E-state index contributed by atoms with van der Waals surface area (Å²) in [6, 6.07) is 12.7. The summed E-state index contributed by atoms with van der Waals surface area (Å²) in [7, 11) is -3.45. The van der Waals surface area contributed by atoms with Gasteiger partial charge < -0.3 is 5.32 Å². The molecule has 2 rings (SSSR count). The molecule has 5 nitrogen and oxygen atoms in total. The van der Waals surface area contributed by atoms with Gasteiger partial charge in [0.05, 0.1) is 10.8 Å². The number of carbonyl (C=O) groups is 1. The minimum atomic E-state index is -3.45. The third-order valence-corrected chi connectivity index (χ3v) is 4.95. The molecular weight excluding hydrogens is 336 g/mol. The lowest BCUT2D eigenvalue weighted by Gasteiger charge is -2.06. The van der Waals surface area contributed by atoms with Gasteiger partial charge >= 0.3 is 0 Å². The number of pyridine rings is 1. The van der Waals surface area contributed by atoms with Crippen LogP contribution in [0, 0.1) is 0 Å². The summed E-state index contributed by atoms with van der Waals surface area (Å²) < 4.78 is 23.9. The minimum Gasteiger partial charge on any atom is -0.310 e. The number of hydrogen-bond acceptors (Lipinski definition) is 4. The molecule has 0 aliphatic rings. The third-order valence-electron chi connectivity index (χ3n) is 3.11. The average molecular weight is 353 g/mol. The molecule has 0 unspecified atom stereocenters. The summed E-state index contributed by atoms with van der Waals surface area (Å²) in [6.45, 7) is 0. The van der Waals surface area contributed by atoms with Crippen molar-refractivity contribution in [2.24, 2.45) is 0 Å². The maximum Gasteiger partial charge on any atom is 0.240 e. The molecule has 0 saturated heterocycles. The van der Waals surface area contributed by atoms with Crippen molar-refractivity contribution < 1.29 is 13.2 Å². The SMILES string of the molecule is O=C(CS(=O)(=O)CCCc1ccccc1)Nc1ccc(Cl)cn1. The van der Waals surface area contributed by atoms with Gasteiger partial charge in [-0.15, -0.1) is 0 Å². The van der Waals surface area contributed by atoms with E-state index in [2.05, 4.69) is 10.3 Å². The Morgan fingerprint density at radius 2 is 1.87 bits per heavy atom. The molecule has 2 aromatic rings. The molecule has 122 valence electrons. The lowest BCUT2D eigenvalue weighted by Crippen LogP contribution is -2.25. The number of nitrogens with zero attached hydrogens (tertiary/aromatic N) is 1. The van der Waals surface area contributed by atoms with Crippen molar-refractivity contribution in [3.8, 4) is 0 Å². The molecule has 1 N–H and O–H groups in total. The zero-order valence-electron chi connectivity index (χ0n) is 12.4. The van der Waals surface area contributed by atoms with Gasteiger partial charge in [0.2, 0.25) is 5.91 Å². The Labute approximate surface area is 140 Å². The van der Waals surface area contributed by atoms with Crippen LogP contribution in [-0.4, -0.2) is 30.8 Å². The quantitative estimate of drug-likeness (QED) is 0.831. The minimum absolute atomic E-state index is 0.0244. The molecule has 0 bridgehead atoms. The van der Waals surface area contributed by atoms with Crippen LogP contribution in [0.2, 0.25) is 5.02 Å². The monoisotopic (exact) mass is 352 g/mol. The van der Waals surface area contributed by atoms with Crippen molar-refractivity contribution in [2.45, 2.75) is 12.8 Å². The first-order chi connectivity index (χ1) is 10.9. The van der Waals surface area contributed by atoms with Gasteiger partial charge in [0.1, 0.15) is 11.6 Å². The van der Waals surface area contributed by atoms with Crippen molar-refractivity contribution in [1.29, 1.82) is 0 Å². The normalized spacial score (nSPS) is 11.2. The van der Waals surface area contributed by atoms with E-state index >= 15 is 0 Å². The number of halogens is 1. The molecule has 1 aromatic carbocycles. The Morgan fingerprint density at radius 1 is 1.13 bits per heavy atom. The van der Waals surface area contributed by atoms with Gasteiger partial charge in [0.15, 0.2) is 9.84 Å². The van der Waals surface area contributed by atoms with Crippen molar-refractivity contribution >= 4 is 33.2 Å². The van der Waals surface area contributed by atoms with Gasteiger partial charge in [0.25, 0.3) is 0 Å². The van der Waals surface area contributed by atoms with Crippen LogP contribution in [0.3, 0.4) is 0 Å². The summed E-state index contributed by atoms with van der Waals surface area (Å²) >= 11 is 5.69. The predicted molar refractivity (Wildman–Crippen MR) is 91.3 cm³/mol. The molecule has 1 aromatic heterocycles. The van der Waals surface area contributed by atoms with Gasteiger partial charge in [-0.2, -0.15) is 0 Å². The van der Waals surface area contributed by atoms with Crippen molar-refractivity contribution in [3.05, 3.63) is 59.2 Å². The number of hydrogen-bond donors (Lipinski definition) is 1. The second kappa shape index (κ2) is 8.08. The first-order valence-electron chi connectivity index (χ1n) is 7.10. The number of anilines is 1. The third kappa shape index (κ3) is 6.38. The number of aromatic nitrogens is 1. The van der Waals surface area contributed by atoms with Gasteiger partial charge in [-0.25, -0.2) is 13.4 Å². The molecule has 23 heavy (non-hydrogen) atoms. The Kier molecular flexibility index (Phi) is 6.12. The van der Waals surface area contributed by atoms with Crippen LogP contribution < -0.4 is 5.32 Å². The van der Waals surface area contributed by atoms with Crippen LogP contribution in [0.4, 0.5) is 5.82 Å². The lowest BCUT2D eigenvalue weighted by atomic mass is 10.1. The van der Waals surface area contributed by atoms with E-state index in [1.54, 1.807) is 6.07 Å². The molecule has 7 heteroatoms. The van der Waals surface area contributed by atoms with Crippen molar-refractivity contribution in [2.75, 3.05) is 16.8 Å². The number of carbonyl (C=O) groups excluding carboxylic acids is 1. The highest BCUT2D eigenvalue weighted by molar-refractivity contribution is 7.92. The average Bonchev–Trinajstić information content (AvgIpc) is 2.50. The van der Waals surface area contributed by atoms with E-state index in [1.165, 1.54) is 12.3 Å². The first kappa shape index (κ1) is 17.4. The van der Waals surface area contributed by atoms with Gasteiger partial charge in [-0.3, -0.25) is 4.79 Å². The maximum absolute atomic E-state index is 12.0. The van der Waals surface area contributed by atoms with Gasteiger partial charge in [0, 0.05) is 6.20 Å². The van der Waals surface area contributed by atoms with Crippen LogP contribution in [-0.2, 0) is 21.1 Å². The van der Waals surface area contributed by atoms with E-state index in [0.29, 0.717) is 17.9 Å². The Balaban J connectivity index is 1.80. The summed E-state index contributed by atoms with van der Waals surface area (Å²) in [6.07, 6.45) is 2.53. The fourth-order valence-corrected chi connectivity index (χ4v) is 3.35. The maximum atomic E-state index is 12.0. The fraction of sp³-hybridized carbons (Fsp3) is 0.250. The smallest absolute Gasteiger partial charge is 0.240 e. The van der Waals surface area contributed by atoms with E-state index in [9.17, 15) is 13.2 Å². The van der Waals surface area contributed by atoms with E-state index in [1.807, 2.05) is 30.3 Å². The van der Waals surface area contributed by atoms with E-state index in [-0.39, 0.29) is 11.6 Å². The topological polar surface area (TPSA) is 76.1 Å². The zero-order chi connectivity index (χ0) is 16.7. The molecule has 1 heterocycles. The standard InChI is InChI=1S/C16H17ClN2O3S/c17-14-8-9-15(18-11-14)19-16(20)12-23(21,22)10-4-7-13-5-2-1-3-6-13/h1-3,5-6,8-9,11H,4,7,10,12H2,(H,18,19,20). The highest BCUT2D eigenvalue weighted by atomic mass is 35.5. The van der Waals surface area contributed by atoms with Gasteiger partial charge in [-0.1, -0.05) is 41.9 Å². The number of amides is 1. The molecular formula is C16H17ClN2O3S. The molecule has 0 fully saturated rings. The Hall–Kier alpha value is -1.92. The molecule has 0 radical (unpaired) electrons. The summed E-state index contributed by atoms with van der Waals surface area (Å²) in [5.41, 5.74) is 1.08. The van der Waals surface area contributed by atoms with Crippen LogP contribution in [0.5, 0.6) is 0 Å². The van der Waals surface area contributed by atoms with Crippen LogP contribution in [0.15, 0.2) is 48.7 Å². The van der Waals surface area contributed by atoms with E-state index < -0.39 is 21.5 Å². The van der Waals surface area contributed by atoms with Crippen LogP contribution in [0.25, 0.3) is 0 Å². The van der Waals surface area contributed by atoms with Crippen LogP contribution >= 0.6 is 11.6 Å². The highest BCUT2D eigenvalue weighted by Crippen LogP contribution is 2.10. The second-order valence-corrected chi connectivity index (χ2v) is 7.71. The van der Waals surface area contributed by atoms with E-state index in [4.69, 9.17) is 11.6 Å². The number of sulfone groups is 1. The largest absolute Gasteiger partial charge is 0.310 e. The second-order valence-electron chi connectivity index (χ2n) is 5.09. The van der Waals surface area contributed by atoms with Gasteiger partial charge in [-0.05, 0) is 30.5 Å².